The van der Waals surface area contributed by atoms with Crippen molar-refractivity contribution in [1.29, 1.82) is 0 Å². The summed E-state index contributed by atoms with van der Waals surface area (Å²) in [5, 5.41) is 47.3. The van der Waals surface area contributed by atoms with Crippen LogP contribution in [0.5, 0.6) is 0 Å². The molecule has 25 nitrogen and oxygen atoms in total. The van der Waals surface area contributed by atoms with Crippen LogP contribution in [0.2, 0.25) is 0 Å². The van der Waals surface area contributed by atoms with Gasteiger partial charge in [0.15, 0.2) is 33.9 Å². The molecule has 0 spiro atoms. The normalized spacial score (nSPS) is 12.6. The van der Waals surface area contributed by atoms with Crippen molar-refractivity contribution in [3.8, 4) is 0 Å². The summed E-state index contributed by atoms with van der Waals surface area (Å²) in [6.07, 6.45) is 35.3. The lowest BCUT2D eigenvalue weighted by Gasteiger charge is -2.21. The van der Waals surface area contributed by atoms with E-state index >= 15 is 0 Å². The fraction of sp³-hybridized carbons (Fsp3) is 0.390. The van der Waals surface area contributed by atoms with Gasteiger partial charge in [0, 0.05) is 141 Å². The number of tetrazole rings is 1. The Balaban J connectivity index is 0.000000140. The first-order valence-electron chi connectivity index (χ1n) is 44.6. The highest BCUT2D eigenvalue weighted by atomic mass is 15.5. The van der Waals surface area contributed by atoms with Crippen LogP contribution in [0.4, 0.5) is 0 Å². The lowest BCUT2D eigenvalue weighted by molar-refractivity contribution is 0.548. The Morgan fingerprint density at radius 2 is 0.862 bits per heavy atom. The molecule has 0 fully saturated rings. The minimum absolute atomic E-state index is 0.0495. The van der Waals surface area contributed by atoms with Gasteiger partial charge < -0.3 is 13.2 Å². The lowest BCUT2D eigenvalue weighted by atomic mass is 9.83. The molecule has 680 valence electrons. The zero-order chi connectivity index (χ0) is 94.7. The van der Waals surface area contributed by atoms with Crippen molar-refractivity contribution in [2.75, 3.05) is 0 Å². The van der Waals surface area contributed by atoms with Gasteiger partial charge in [-0.2, -0.15) is 5.10 Å². The standard InChI is InChI=1S/C13H16.3C11H14N2.5C10H13N3.C9H12N4/c1-13(2,3)12-9-8-10-6-4-5-7-11(10)12;1-11(2,3)10-7-9-5-4-6-13(9)8-12-10;1-11(2,3)9-5-4-6-10-12-7-8-13(9)10;1-11(2,3)10-6-4-5-9-7-8-12-13(9)10;1-10(2,3)8-9-12-5-7-13(9)6-4-11-8;1-10(2,3)8-4-5-13-7-11-12-9(13)6-8;1-10(2,3)8-4-5-9-12-11-7-13(9)6-8;1-10(2,3)8-5-4-6-13-7-11-12-9(8)13;1-10(2,3)8-5-4-6-9-12-11-7-13(8)9;1-9(2,3)7-5-4-6-13-8(7)10-11-12-13/h4-7,9H,8H2,1-3H3;3*4-8H,1-3H3;5*4-7H,1-3H3;4-6H,1-3H3. The van der Waals surface area contributed by atoms with Crippen molar-refractivity contribution >= 4 is 56.1 Å². The van der Waals surface area contributed by atoms with Crippen LogP contribution in [-0.2, 0) is 55.2 Å². The van der Waals surface area contributed by atoms with Gasteiger partial charge in [0.1, 0.15) is 31.0 Å². The zero-order valence-corrected chi connectivity index (χ0v) is 82.2. The van der Waals surface area contributed by atoms with Gasteiger partial charge >= 0.3 is 0 Å². The summed E-state index contributed by atoms with van der Waals surface area (Å²) >= 11 is 0. The number of hydrogen-bond donors (Lipinski definition) is 0. The van der Waals surface area contributed by atoms with E-state index in [1.54, 1.807) is 36.0 Å². The van der Waals surface area contributed by atoms with Crippen LogP contribution >= 0.6 is 0 Å². The smallest absolute Gasteiger partial charge is 0.182 e. The van der Waals surface area contributed by atoms with E-state index in [9.17, 15) is 0 Å². The third kappa shape index (κ3) is 25.0. The fourth-order valence-corrected chi connectivity index (χ4v) is 14.6. The number of nitrogens with zero attached hydrogens (tertiary/aromatic N) is 25. The Morgan fingerprint density at radius 1 is 0.300 bits per heavy atom. The van der Waals surface area contributed by atoms with Crippen LogP contribution in [0, 0.1) is 5.41 Å². The zero-order valence-electron chi connectivity index (χ0n) is 82.2. The summed E-state index contributed by atoms with van der Waals surface area (Å²) < 4.78 is 17.7. The second-order valence-corrected chi connectivity index (χ2v) is 43.0. The molecule has 18 aromatic heterocycles. The average molecular weight is 1750 g/mol. The summed E-state index contributed by atoms with van der Waals surface area (Å²) in [6, 6.07) is 52.0. The van der Waals surface area contributed by atoms with Gasteiger partial charge in [0.2, 0.25) is 0 Å². The first-order valence-corrected chi connectivity index (χ1v) is 44.6. The van der Waals surface area contributed by atoms with Crippen LogP contribution < -0.4 is 0 Å². The second kappa shape index (κ2) is 39.3. The summed E-state index contributed by atoms with van der Waals surface area (Å²) in [5.74, 6) is 0. The lowest BCUT2D eigenvalue weighted by Crippen LogP contribution is -2.16. The maximum absolute atomic E-state index is 4.41. The number of imidazole rings is 2. The van der Waals surface area contributed by atoms with Gasteiger partial charge in [-0.05, 0) is 163 Å². The Morgan fingerprint density at radius 3 is 1.52 bits per heavy atom. The quantitative estimate of drug-likeness (QED) is 0.137. The number of benzene rings is 1. The number of aromatic nitrogens is 25. The molecule has 0 saturated heterocycles. The van der Waals surface area contributed by atoms with Crippen molar-refractivity contribution < 1.29 is 0 Å². The van der Waals surface area contributed by atoms with Crippen LogP contribution in [0.1, 0.15) is 270 Å². The maximum Gasteiger partial charge on any atom is 0.182 e. The van der Waals surface area contributed by atoms with E-state index in [0.717, 1.165) is 62.9 Å². The van der Waals surface area contributed by atoms with Crippen LogP contribution in [0.15, 0.2) is 264 Å². The van der Waals surface area contributed by atoms with Crippen LogP contribution in [0.3, 0.4) is 0 Å². The summed E-state index contributed by atoms with van der Waals surface area (Å²) in [6.45, 7) is 65.7. The predicted octanol–water partition coefficient (Wildman–Crippen LogP) is 23.1. The number of hydrogen-bond acceptors (Lipinski definition) is 16. The van der Waals surface area contributed by atoms with Crippen LogP contribution in [-0.4, -0.2) is 121 Å². The monoisotopic (exact) mass is 1750 g/mol. The van der Waals surface area contributed by atoms with E-state index < -0.39 is 0 Å². The molecule has 19 aromatic rings. The molecule has 0 atom stereocenters. The maximum atomic E-state index is 4.41. The summed E-state index contributed by atoms with van der Waals surface area (Å²) in [5.41, 5.74) is 25.7. The molecule has 0 bridgehead atoms. The Kier molecular flexibility index (Phi) is 29.4. The van der Waals surface area contributed by atoms with Crippen molar-refractivity contribution in [3.63, 3.8) is 0 Å². The van der Waals surface area contributed by atoms with Crippen molar-refractivity contribution in [3.05, 3.63) is 326 Å². The molecule has 0 amide bonds. The van der Waals surface area contributed by atoms with Gasteiger partial charge in [-0.25, -0.2) is 24.0 Å². The largest absolute Gasteiger partial charge is 0.308 e. The third-order valence-electron chi connectivity index (χ3n) is 21.8. The molecule has 0 unspecified atom stereocenters. The van der Waals surface area contributed by atoms with Gasteiger partial charge in [-0.15, -0.1) is 45.9 Å². The molecular formula is C105H135N25. The molecule has 0 radical (unpaired) electrons. The summed E-state index contributed by atoms with van der Waals surface area (Å²) in [4.78, 5) is 17.3. The van der Waals surface area contributed by atoms with Gasteiger partial charge in [0.25, 0.3) is 0 Å². The third-order valence-corrected chi connectivity index (χ3v) is 21.8. The number of allylic oxidation sites excluding steroid dienone is 2. The van der Waals surface area contributed by atoms with E-state index in [0.29, 0.717) is 0 Å². The first kappa shape index (κ1) is 97.3. The van der Waals surface area contributed by atoms with E-state index in [1.165, 1.54) is 61.6 Å². The topological polar surface area (TPSA) is 246 Å². The van der Waals surface area contributed by atoms with Crippen molar-refractivity contribution in [2.24, 2.45) is 5.41 Å². The van der Waals surface area contributed by atoms with Gasteiger partial charge in [-0.1, -0.05) is 274 Å². The second-order valence-electron chi connectivity index (χ2n) is 43.0. The van der Waals surface area contributed by atoms with Gasteiger partial charge in [-0.3, -0.25) is 22.6 Å². The Bertz CT molecular complexity index is 6060. The summed E-state index contributed by atoms with van der Waals surface area (Å²) in [7, 11) is 0. The molecule has 1 aliphatic carbocycles. The predicted molar refractivity (Wildman–Crippen MR) is 527 cm³/mol. The highest BCUT2D eigenvalue weighted by Gasteiger charge is 2.27. The van der Waals surface area contributed by atoms with E-state index in [1.807, 2.05) is 148 Å². The fourth-order valence-electron chi connectivity index (χ4n) is 14.6. The molecule has 25 heteroatoms. The minimum atomic E-state index is 0.0495. The Labute approximate surface area is 766 Å². The number of pyridine rings is 7. The molecule has 0 saturated carbocycles. The van der Waals surface area contributed by atoms with E-state index in [4.69, 9.17) is 0 Å². The molecule has 1 aromatic carbocycles. The highest BCUT2D eigenvalue weighted by Crippen LogP contribution is 2.40. The molecular weight excluding hydrogens is 1610 g/mol. The number of fused-ring (bicyclic) bond motifs is 10. The van der Waals surface area contributed by atoms with Crippen LogP contribution in [0.25, 0.3) is 56.1 Å². The number of rotatable bonds is 0. The van der Waals surface area contributed by atoms with Gasteiger partial charge in [0.05, 0.1) is 17.5 Å². The average Bonchev–Trinajstić information content (AvgIpc) is 1.66. The molecule has 18 heterocycles. The molecule has 130 heavy (non-hydrogen) atoms. The molecule has 0 N–H and O–H groups in total. The molecule has 0 aliphatic heterocycles. The van der Waals surface area contributed by atoms with Crippen molar-refractivity contribution in [1.82, 2.24) is 121 Å². The van der Waals surface area contributed by atoms with Crippen molar-refractivity contribution in [2.45, 2.75) is 263 Å². The Hall–Kier alpha value is -13.3. The van der Waals surface area contributed by atoms with E-state index in [2.05, 4.69) is 409 Å². The molecule has 1 aliphatic rings. The minimum Gasteiger partial charge on any atom is -0.308 e. The highest BCUT2D eigenvalue weighted by molar-refractivity contribution is 5.76. The molecule has 20 rings (SSSR count). The first-order chi connectivity index (χ1) is 60.8. The SMILES string of the molecule is CC(C)(C)C1=CCc2ccccc21.CC(C)(C)c1cc2cccn2cn1.CC(C)(C)c1ccc2nncn2c1.CC(C)(C)c1cccc2ccnn12.CC(C)(C)c1cccc2nccn12.CC(C)(C)c1cccc2nncn12.CC(C)(C)c1cccn2cnnc12.CC(C)(C)c1cccn2nnnc12.CC(C)(C)c1ccn2cnnc2c1.CC(C)(C)c1nccn2ccnc12. The van der Waals surface area contributed by atoms with E-state index in [-0.39, 0.29) is 54.1 Å².